The molecule has 0 atom stereocenters. The van der Waals surface area contributed by atoms with Gasteiger partial charge < -0.3 is 20.4 Å². The number of nitro groups is 2. The lowest BCUT2D eigenvalue weighted by Gasteiger charge is -2.26. The standard InChI is InChI=1S/C38H32Cl4N6O6S/c39-25-5-7-27(29(41)21-25)35-23(3-11-33(49)45-17-13-43-14-18-45)1-9-31(37(35)47(51)52)55-32-10-2-24(4-12-34(50)46-19-15-44-16-20-46)36(38(32)48(53)54)28-8-6-26(40)22-30(28)42/h1-12,21-22,43-44H,13-20H2. The molecule has 2 saturated heterocycles. The lowest BCUT2D eigenvalue weighted by Crippen LogP contribution is -2.45. The Bertz CT molecular complexity index is 2090. The normalized spacial score (nSPS) is 14.8. The van der Waals surface area contributed by atoms with Crippen molar-refractivity contribution in [2.45, 2.75) is 9.79 Å². The number of nitrogens with one attached hydrogen (secondary N) is 2. The molecule has 4 aromatic carbocycles. The topological polar surface area (TPSA) is 151 Å². The van der Waals surface area contributed by atoms with Gasteiger partial charge in [0.2, 0.25) is 11.8 Å². The molecular weight excluding hydrogens is 810 g/mol. The summed E-state index contributed by atoms with van der Waals surface area (Å²) in [6, 6.07) is 15.2. The highest BCUT2D eigenvalue weighted by atomic mass is 35.5. The number of benzene rings is 4. The Kier molecular flexibility index (Phi) is 13.1. The van der Waals surface area contributed by atoms with Crippen molar-refractivity contribution in [2.24, 2.45) is 0 Å². The van der Waals surface area contributed by atoms with Crippen LogP contribution in [0.25, 0.3) is 34.4 Å². The number of halogens is 4. The number of carbonyl (C=O) groups excluding carboxylic acids is 2. The number of amides is 2. The Morgan fingerprint density at radius 2 is 1.00 bits per heavy atom. The summed E-state index contributed by atoms with van der Waals surface area (Å²) in [5.74, 6) is -0.521. The molecule has 2 N–H and O–H groups in total. The average Bonchev–Trinajstić information content (AvgIpc) is 3.17. The first-order valence-electron chi connectivity index (χ1n) is 17.0. The number of nitrogens with zero attached hydrogens (tertiary/aromatic N) is 4. The van der Waals surface area contributed by atoms with Crippen LogP contribution in [0.15, 0.2) is 82.6 Å². The predicted octanol–water partition coefficient (Wildman–Crippen LogP) is 8.49. The number of carbonyl (C=O) groups is 2. The Labute approximate surface area is 340 Å². The van der Waals surface area contributed by atoms with Gasteiger partial charge in [-0.1, -0.05) is 82.4 Å². The van der Waals surface area contributed by atoms with Crippen LogP contribution < -0.4 is 10.6 Å². The number of hydrogen-bond donors (Lipinski definition) is 2. The molecule has 0 bridgehead atoms. The number of hydrogen-bond acceptors (Lipinski definition) is 9. The molecule has 0 saturated carbocycles. The molecule has 4 aromatic rings. The molecule has 0 aliphatic carbocycles. The first kappa shape index (κ1) is 40.2. The fourth-order valence-corrected chi connectivity index (χ4v) is 8.41. The maximum absolute atomic E-state index is 13.1. The first-order chi connectivity index (χ1) is 26.4. The molecule has 2 fully saturated rings. The third-order valence-corrected chi connectivity index (χ3v) is 11.2. The van der Waals surface area contributed by atoms with Crippen molar-refractivity contribution in [1.82, 2.24) is 20.4 Å². The minimum Gasteiger partial charge on any atom is -0.337 e. The van der Waals surface area contributed by atoms with Crippen LogP contribution in [0.1, 0.15) is 11.1 Å². The molecule has 2 aliphatic rings. The molecule has 55 heavy (non-hydrogen) atoms. The maximum atomic E-state index is 13.1. The lowest BCUT2D eigenvalue weighted by atomic mass is 9.97. The van der Waals surface area contributed by atoms with Crippen molar-refractivity contribution in [3.63, 3.8) is 0 Å². The Morgan fingerprint density at radius 3 is 1.35 bits per heavy atom. The Morgan fingerprint density at radius 1 is 0.618 bits per heavy atom. The molecule has 12 nitrogen and oxygen atoms in total. The quantitative estimate of drug-likeness (QED) is 0.0910. The SMILES string of the molecule is O=C(C=Cc1ccc(Sc2ccc(C=CC(=O)N3CCNCC3)c(-c3ccc(Cl)cc3Cl)c2[N+](=O)[O-])c([N+](=O)[O-])c1-c1ccc(Cl)cc1Cl)N1CCNCC1. The minimum atomic E-state index is -0.584. The molecule has 284 valence electrons. The van der Waals surface area contributed by atoms with Crippen LogP contribution in [-0.4, -0.2) is 83.8 Å². The second-order valence-corrected chi connectivity index (χ2v) is 15.2. The predicted molar refractivity (Wildman–Crippen MR) is 218 cm³/mol. The van der Waals surface area contributed by atoms with E-state index < -0.39 is 21.2 Å². The van der Waals surface area contributed by atoms with Gasteiger partial charge in [-0.05, 0) is 59.7 Å². The summed E-state index contributed by atoms with van der Waals surface area (Å²) in [4.78, 5) is 54.5. The van der Waals surface area contributed by atoms with Crippen LogP contribution in [0, 0.1) is 20.2 Å². The van der Waals surface area contributed by atoms with Crippen molar-refractivity contribution in [1.29, 1.82) is 0 Å². The third kappa shape index (κ3) is 9.33. The zero-order chi connectivity index (χ0) is 39.2. The molecule has 2 heterocycles. The van der Waals surface area contributed by atoms with E-state index in [-0.39, 0.29) is 53.9 Å². The fraction of sp³-hybridized carbons (Fsp3) is 0.211. The summed E-state index contributed by atoms with van der Waals surface area (Å²) in [6.07, 6.45) is 5.71. The number of nitro benzene ring substituents is 2. The van der Waals surface area contributed by atoms with Crippen molar-refractivity contribution in [2.75, 3.05) is 52.4 Å². The van der Waals surface area contributed by atoms with Gasteiger partial charge in [0, 0.05) is 85.7 Å². The summed E-state index contributed by atoms with van der Waals surface area (Å²) < 4.78 is 0. The average molecular weight is 843 g/mol. The highest BCUT2D eigenvalue weighted by Gasteiger charge is 2.31. The summed E-state index contributed by atoms with van der Waals surface area (Å²) in [5.41, 5.74) is 0.586. The monoisotopic (exact) mass is 840 g/mol. The van der Waals surface area contributed by atoms with E-state index in [1.807, 2.05) is 0 Å². The van der Waals surface area contributed by atoms with E-state index in [2.05, 4.69) is 10.6 Å². The van der Waals surface area contributed by atoms with Gasteiger partial charge >= 0.3 is 0 Å². The van der Waals surface area contributed by atoms with Crippen molar-refractivity contribution >= 4 is 93.5 Å². The van der Waals surface area contributed by atoms with Gasteiger partial charge in [0.1, 0.15) is 0 Å². The van der Waals surface area contributed by atoms with Gasteiger partial charge in [-0.25, -0.2) is 0 Å². The first-order valence-corrected chi connectivity index (χ1v) is 19.3. The molecule has 0 unspecified atom stereocenters. The van der Waals surface area contributed by atoms with Gasteiger partial charge in [0.25, 0.3) is 11.4 Å². The highest BCUT2D eigenvalue weighted by Crippen LogP contribution is 2.50. The maximum Gasteiger partial charge on any atom is 0.291 e. The van der Waals surface area contributed by atoms with Crippen LogP contribution in [0.4, 0.5) is 11.4 Å². The van der Waals surface area contributed by atoms with E-state index in [0.29, 0.717) is 73.5 Å². The lowest BCUT2D eigenvalue weighted by molar-refractivity contribution is -0.387. The summed E-state index contributed by atoms with van der Waals surface area (Å²) in [7, 11) is 0. The minimum absolute atomic E-state index is 0.0602. The van der Waals surface area contributed by atoms with Crippen molar-refractivity contribution in [3.05, 3.63) is 124 Å². The van der Waals surface area contributed by atoms with Crippen LogP contribution in [-0.2, 0) is 9.59 Å². The summed E-state index contributed by atoms with van der Waals surface area (Å²) >= 11 is 26.5. The van der Waals surface area contributed by atoms with Crippen LogP contribution in [0.3, 0.4) is 0 Å². The molecule has 2 aliphatic heterocycles. The summed E-state index contributed by atoms with van der Waals surface area (Å²) in [6.45, 7) is 4.63. The van der Waals surface area contributed by atoms with E-state index in [1.54, 1.807) is 34.1 Å². The summed E-state index contributed by atoms with van der Waals surface area (Å²) in [5, 5.41) is 33.3. The number of rotatable bonds is 10. The van der Waals surface area contributed by atoms with E-state index in [4.69, 9.17) is 46.4 Å². The van der Waals surface area contributed by atoms with Crippen LogP contribution in [0.5, 0.6) is 0 Å². The van der Waals surface area contributed by atoms with Gasteiger partial charge in [-0.15, -0.1) is 0 Å². The third-order valence-electron chi connectivity index (χ3n) is 9.00. The van der Waals surface area contributed by atoms with E-state index in [9.17, 15) is 29.8 Å². The molecule has 0 radical (unpaired) electrons. The number of piperazine rings is 2. The largest absolute Gasteiger partial charge is 0.337 e. The molecule has 17 heteroatoms. The van der Waals surface area contributed by atoms with Gasteiger partial charge in [0.05, 0.1) is 40.8 Å². The van der Waals surface area contributed by atoms with E-state index in [1.165, 1.54) is 60.7 Å². The zero-order valence-electron chi connectivity index (χ0n) is 28.9. The van der Waals surface area contributed by atoms with Gasteiger partial charge in [-0.2, -0.15) is 0 Å². The molecule has 6 rings (SSSR count). The Balaban J connectivity index is 1.50. The van der Waals surface area contributed by atoms with E-state index in [0.717, 1.165) is 11.8 Å². The zero-order valence-corrected chi connectivity index (χ0v) is 32.7. The molecular formula is C38H32Cl4N6O6S. The fourth-order valence-electron chi connectivity index (χ4n) is 6.35. The van der Waals surface area contributed by atoms with Crippen LogP contribution in [0.2, 0.25) is 20.1 Å². The second kappa shape index (κ2) is 18.0. The van der Waals surface area contributed by atoms with Gasteiger partial charge in [0.15, 0.2) is 0 Å². The molecule has 0 aromatic heterocycles. The second-order valence-electron chi connectivity index (χ2n) is 12.4. The van der Waals surface area contributed by atoms with Crippen molar-refractivity contribution in [3.8, 4) is 22.3 Å². The van der Waals surface area contributed by atoms with Crippen molar-refractivity contribution < 1.29 is 19.4 Å². The highest BCUT2D eigenvalue weighted by molar-refractivity contribution is 7.99. The van der Waals surface area contributed by atoms with Crippen LogP contribution >= 0.6 is 58.2 Å². The van der Waals surface area contributed by atoms with E-state index >= 15 is 0 Å². The smallest absolute Gasteiger partial charge is 0.291 e. The van der Waals surface area contributed by atoms with Gasteiger partial charge in [-0.3, -0.25) is 29.8 Å². The molecule has 2 amide bonds. The Hall–Kier alpha value is -4.47. The molecule has 0 spiro atoms.